The van der Waals surface area contributed by atoms with Crippen LogP contribution in [-0.4, -0.2) is 17.0 Å². The van der Waals surface area contributed by atoms with Gasteiger partial charge in [0.05, 0.1) is 5.69 Å². The highest BCUT2D eigenvalue weighted by atomic mass is 16.5. The van der Waals surface area contributed by atoms with E-state index in [9.17, 15) is 0 Å². The fourth-order valence-corrected chi connectivity index (χ4v) is 2.14. The third-order valence-corrected chi connectivity index (χ3v) is 3.21. The van der Waals surface area contributed by atoms with E-state index in [2.05, 4.69) is 15.3 Å². The molecule has 2 aromatic heterocycles. The highest BCUT2D eigenvalue weighted by molar-refractivity contribution is 5.70. The fraction of sp³-hybridized carbons (Fsp3) is 0.0588. The van der Waals surface area contributed by atoms with Crippen molar-refractivity contribution in [3.63, 3.8) is 0 Å². The molecule has 3 N–H and O–H groups in total. The summed E-state index contributed by atoms with van der Waals surface area (Å²) in [6.07, 6.45) is 3.55. The number of nitrogens with zero attached hydrogens (tertiary/aromatic N) is 2. The third kappa shape index (κ3) is 2.83. The first-order valence-electron chi connectivity index (χ1n) is 6.89. The third-order valence-electron chi connectivity index (χ3n) is 3.21. The second-order valence-corrected chi connectivity index (χ2v) is 4.68. The molecule has 0 saturated heterocycles. The first-order chi connectivity index (χ1) is 10.8. The molecule has 0 fully saturated rings. The summed E-state index contributed by atoms with van der Waals surface area (Å²) in [6, 6.07) is 15.2. The molecule has 2 heterocycles. The lowest BCUT2D eigenvalue weighted by Gasteiger charge is -2.12. The monoisotopic (exact) mass is 292 g/mol. The topological polar surface area (TPSA) is 73.1 Å². The number of benzene rings is 1. The Morgan fingerprint density at radius 3 is 2.68 bits per heavy atom. The lowest BCUT2D eigenvalue weighted by atomic mass is 10.1. The average Bonchev–Trinajstić information content (AvgIpc) is 2.58. The predicted octanol–water partition coefficient (Wildman–Crippen LogP) is 3.56. The highest BCUT2D eigenvalue weighted by Gasteiger charge is 2.09. The van der Waals surface area contributed by atoms with Crippen molar-refractivity contribution in [1.29, 1.82) is 0 Å². The summed E-state index contributed by atoms with van der Waals surface area (Å²) in [5, 5.41) is 2.94. The van der Waals surface area contributed by atoms with Gasteiger partial charge in [-0.25, -0.2) is 0 Å². The Morgan fingerprint density at radius 1 is 1.05 bits per heavy atom. The molecule has 3 rings (SSSR count). The molecule has 0 unspecified atom stereocenters. The van der Waals surface area contributed by atoms with Gasteiger partial charge < -0.3 is 15.8 Å². The summed E-state index contributed by atoms with van der Waals surface area (Å²) in [5.41, 5.74) is 8.35. The van der Waals surface area contributed by atoms with E-state index in [4.69, 9.17) is 10.5 Å². The van der Waals surface area contributed by atoms with Crippen LogP contribution in [0.1, 0.15) is 0 Å². The maximum absolute atomic E-state index is 5.93. The van der Waals surface area contributed by atoms with Crippen molar-refractivity contribution in [3.05, 3.63) is 60.9 Å². The van der Waals surface area contributed by atoms with Crippen LogP contribution in [0.15, 0.2) is 60.9 Å². The Balaban J connectivity index is 1.97. The zero-order valence-corrected chi connectivity index (χ0v) is 12.2. The number of para-hydroxylation sites is 1. The van der Waals surface area contributed by atoms with Crippen molar-refractivity contribution >= 4 is 11.5 Å². The molecule has 0 atom stereocenters. The van der Waals surface area contributed by atoms with Crippen LogP contribution in [0, 0.1) is 0 Å². The van der Waals surface area contributed by atoms with Crippen LogP contribution in [0.3, 0.4) is 0 Å². The smallest absolute Gasteiger partial charge is 0.221 e. The average molecular weight is 292 g/mol. The molecule has 0 radical (unpaired) electrons. The molecule has 5 nitrogen and oxygen atoms in total. The van der Waals surface area contributed by atoms with Gasteiger partial charge in [-0.2, -0.15) is 4.98 Å². The minimum atomic E-state index is 0.481. The molecule has 0 spiro atoms. The number of nitrogens with one attached hydrogen (secondary N) is 1. The fourth-order valence-electron chi connectivity index (χ4n) is 2.14. The minimum Gasteiger partial charge on any atom is -0.438 e. The van der Waals surface area contributed by atoms with Crippen LogP contribution in [0.2, 0.25) is 0 Å². The Bertz CT molecular complexity index is 775. The van der Waals surface area contributed by atoms with Gasteiger partial charge in [-0.3, -0.25) is 4.98 Å². The molecule has 3 aromatic rings. The van der Waals surface area contributed by atoms with Crippen LogP contribution in [0.4, 0.5) is 11.5 Å². The van der Waals surface area contributed by atoms with Crippen molar-refractivity contribution in [2.24, 2.45) is 0 Å². The van der Waals surface area contributed by atoms with Crippen LogP contribution < -0.4 is 15.8 Å². The standard InChI is InChI=1S/C17H16N4O/c1-19-17-14(18)8-9-16(21-17)22-15-7-3-2-6-13(15)12-5-4-10-20-11-12/h2-11H,18H2,1H3,(H,19,21). The van der Waals surface area contributed by atoms with E-state index < -0.39 is 0 Å². The Hall–Kier alpha value is -3.08. The second-order valence-electron chi connectivity index (χ2n) is 4.68. The van der Waals surface area contributed by atoms with E-state index >= 15 is 0 Å². The van der Waals surface area contributed by atoms with E-state index in [0.29, 0.717) is 17.4 Å². The van der Waals surface area contributed by atoms with E-state index in [1.165, 1.54) is 0 Å². The number of nitrogens with two attached hydrogens (primary N) is 1. The summed E-state index contributed by atoms with van der Waals surface area (Å²) in [6.45, 7) is 0. The first-order valence-corrected chi connectivity index (χ1v) is 6.89. The molecule has 110 valence electrons. The second kappa shape index (κ2) is 6.13. The predicted molar refractivity (Wildman–Crippen MR) is 87.9 cm³/mol. The number of anilines is 2. The molecule has 0 aliphatic rings. The lowest BCUT2D eigenvalue weighted by Crippen LogP contribution is -2.00. The molecule has 22 heavy (non-hydrogen) atoms. The van der Waals surface area contributed by atoms with Crippen LogP contribution in [-0.2, 0) is 0 Å². The van der Waals surface area contributed by atoms with Gasteiger partial charge in [0, 0.05) is 36.6 Å². The van der Waals surface area contributed by atoms with Gasteiger partial charge in [0.25, 0.3) is 0 Å². The minimum absolute atomic E-state index is 0.481. The number of ether oxygens (including phenoxy) is 1. The van der Waals surface area contributed by atoms with Crippen LogP contribution in [0.5, 0.6) is 11.6 Å². The van der Waals surface area contributed by atoms with Gasteiger partial charge in [0.1, 0.15) is 5.75 Å². The quantitative estimate of drug-likeness (QED) is 0.769. The SMILES string of the molecule is CNc1nc(Oc2ccccc2-c2cccnc2)ccc1N. The van der Waals surface area contributed by atoms with Gasteiger partial charge in [0.2, 0.25) is 5.88 Å². The molecule has 0 amide bonds. The molecule has 1 aromatic carbocycles. The van der Waals surface area contributed by atoms with Crippen molar-refractivity contribution in [3.8, 4) is 22.8 Å². The largest absolute Gasteiger partial charge is 0.438 e. The van der Waals surface area contributed by atoms with E-state index in [-0.39, 0.29) is 0 Å². The summed E-state index contributed by atoms with van der Waals surface area (Å²) < 4.78 is 5.93. The van der Waals surface area contributed by atoms with Crippen molar-refractivity contribution < 1.29 is 4.74 Å². The number of hydrogen-bond acceptors (Lipinski definition) is 5. The van der Waals surface area contributed by atoms with E-state index in [0.717, 1.165) is 16.9 Å². The number of nitrogen functional groups attached to an aromatic ring is 1. The first kappa shape index (κ1) is 13.9. The molecule has 0 saturated carbocycles. The van der Waals surface area contributed by atoms with Crippen molar-refractivity contribution in [1.82, 2.24) is 9.97 Å². The number of hydrogen-bond donors (Lipinski definition) is 2. The highest BCUT2D eigenvalue weighted by Crippen LogP contribution is 2.33. The zero-order valence-electron chi connectivity index (χ0n) is 12.2. The van der Waals surface area contributed by atoms with E-state index in [1.807, 2.05) is 36.4 Å². The molecule has 0 aliphatic heterocycles. The van der Waals surface area contributed by atoms with Crippen LogP contribution in [0.25, 0.3) is 11.1 Å². The maximum Gasteiger partial charge on any atom is 0.221 e. The van der Waals surface area contributed by atoms with Gasteiger partial charge in [-0.1, -0.05) is 24.3 Å². The number of rotatable bonds is 4. The normalized spacial score (nSPS) is 10.2. The van der Waals surface area contributed by atoms with Gasteiger partial charge >= 0.3 is 0 Å². The Morgan fingerprint density at radius 2 is 1.91 bits per heavy atom. The van der Waals surface area contributed by atoms with Crippen LogP contribution >= 0.6 is 0 Å². The summed E-state index contributed by atoms with van der Waals surface area (Å²) in [4.78, 5) is 8.50. The Kier molecular flexibility index (Phi) is 3.87. The maximum atomic E-state index is 5.93. The van der Waals surface area contributed by atoms with Crippen molar-refractivity contribution in [2.45, 2.75) is 0 Å². The summed E-state index contributed by atoms with van der Waals surface area (Å²) in [7, 11) is 1.77. The lowest BCUT2D eigenvalue weighted by molar-refractivity contribution is 0.465. The van der Waals surface area contributed by atoms with Gasteiger partial charge in [-0.05, 0) is 18.2 Å². The Labute approximate surface area is 128 Å². The molecular weight excluding hydrogens is 276 g/mol. The summed E-state index contributed by atoms with van der Waals surface area (Å²) in [5.74, 6) is 1.79. The summed E-state index contributed by atoms with van der Waals surface area (Å²) >= 11 is 0. The molecule has 0 bridgehead atoms. The van der Waals surface area contributed by atoms with E-state index in [1.54, 1.807) is 31.6 Å². The molecular formula is C17H16N4O. The molecule has 0 aliphatic carbocycles. The van der Waals surface area contributed by atoms with Crippen molar-refractivity contribution in [2.75, 3.05) is 18.1 Å². The number of pyridine rings is 2. The molecule has 5 heteroatoms. The van der Waals surface area contributed by atoms with Gasteiger partial charge in [0.15, 0.2) is 5.82 Å². The number of aromatic nitrogens is 2. The zero-order chi connectivity index (χ0) is 15.4. The van der Waals surface area contributed by atoms with Gasteiger partial charge in [-0.15, -0.1) is 0 Å².